The lowest BCUT2D eigenvalue weighted by molar-refractivity contribution is 0.461. The number of benzene rings is 2. The highest BCUT2D eigenvalue weighted by molar-refractivity contribution is 7.88. The van der Waals surface area contributed by atoms with Gasteiger partial charge in [-0.05, 0) is 35.4 Å². The van der Waals surface area contributed by atoms with E-state index in [9.17, 15) is 17.2 Å². The van der Waals surface area contributed by atoms with Gasteiger partial charge in [0, 0.05) is 13.6 Å². The minimum absolute atomic E-state index is 0.0686. The van der Waals surface area contributed by atoms with Crippen molar-refractivity contribution in [2.24, 2.45) is 0 Å². The lowest BCUT2D eigenvalue weighted by Gasteiger charge is -2.17. The average Bonchev–Trinajstić information content (AvgIpc) is 2.46. The van der Waals surface area contributed by atoms with E-state index in [4.69, 9.17) is 23.2 Å². The zero-order chi connectivity index (χ0) is 17.2. The van der Waals surface area contributed by atoms with Crippen molar-refractivity contribution in [2.45, 2.75) is 12.3 Å². The van der Waals surface area contributed by atoms with Gasteiger partial charge in [-0.1, -0.05) is 35.3 Å². The molecule has 0 aliphatic rings. The third-order valence-corrected chi connectivity index (χ3v) is 5.71. The van der Waals surface area contributed by atoms with Crippen molar-refractivity contribution < 1.29 is 17.2 Å². The van der Waals surface area contributed by atoms with Crippen LogP contribution in [-0.4, -0.2) is 19.8 Å². The largest absolute Gasteiger partial charge is 0.218 e. The monoisotopic (exact) mass is 379 g/mol. The highest BCUT2D eigenvalue weighted by Crippen LogP contribution is 2.24. The van der Waals surface area contributed by atoms with Gasteiger partial charge in [0.25, 0.3) is 0 Å². The maximum Gasteiger partial charge on any atom is 0.218 e. The molecule has 124 valence electrons. The number of hydrogen-bond acceptors (Lipinski definition) is 2. The molecule has 3 nitrogen and oxygen atoms in total. The Kier molecular flexibility index (Phi) is 5.62. The van der Waals surface area contributed by atoms with E-state index >= 15 is 0 Å². The van der Waals surface area contributed by atoms with Crippen LogP contribution in [0.25, 0.3) is 0 Å². The van der Waals surface area contributed by atoms with Gasteiger partial charge in [0.1, 0.15) is 0 Å². The molecule has 0 N–H and O–H groups in total. The standard InChI is InChI=1S/C15H13Cl2F2NO2S/c1-20(8-10-3-5-14(18)15(19)7-10)23(21,22)9-11-2-4-12(16)13(17)6-11/h2-7H,8-9H2,1H3. The maximum atomic E-state index is 13.2. The van der Waals surface area contributed by atoms with Crippen molar-refractivity contribution in [3.63, 3.8) is 0 Å². The fourth-order valence-corrected chi connectivity index (χ4v) is 3.43. The zero-order valence-corrected chi connectivity index (χ0v) is 14.4. The lowest BCUT2D eigenvalue weighted by Crippen LogP contribution is -2.27. The molecule has 0 fully saturated rings. The topological polar surface area (TPSA) is 37.4 Å². The van der Waals surface area contributed by atoms with Crippen LogP contribution in [0.15, 0.2) is 36.4 Å². The molecule has 0 amide bonds. The molecule has 2 aromatic rings. The molecule has 2 rings (SSSR count). The summed E-state index contributed by atoms with van der Waals surface area (Å²) in [4.78, 5) is 0. The van der Waals surface area contributed by atoms with Crippen LogP contribution in [0.4, 0.5) is 8.78 Å². The van der Waals surface area contributed by atoms with Crippen LogP contribution in [0.5, 0.6) is 0 Å². The van der Waals surface area contributed by atoms with Gasteiger partial charge in [-0.25, -0.2) is 21.5 Å². The molecule has 0 aliphatic heterocycles. The van der Waals surface area contributed by atoms with E-state index in [0.29, 0.717) is 16.1 Å². The quantitative estimate of drug-likeness (QED) is 0.779. The second kappa shape index (κ2) is 7.13. The van der Waals surface area contributed by atoms with Crippen molar-refractivity contribution >= 4 is 33.2 Å². The second-order valence-electron chi connectivity index (χ2n) is 5.01. The Morgan fingerprint density at radius 1 is 0.957 bits per heavy atom. The highest BCUT2D eigenvalue weighted by Gasteiger charge is 2.20. The Bertz CT molecular complexity index is 828. The number of sulfonamides is 1. The Morgan fingerprint density at radius 2 is 1.61 bits per heavy atom. The number of hydrogen-bond donors (Lipinski definition) is 0. The van der Waals surface area contributed by atoms with Gasteiger partial charge in [0.15, 0.2) is 11.6 Å². The molecule has 0 unspecified atom stereocenters. The Morgan fingerprint density at radius 3 is 2.22 bits per heavy atom. The summed E-state index contributed by atoms with van der Waals surface area (Å²) in [5.41, 5.74) is 0.834. The summed E-state index contributed by atoms with van der Waals surface area (Å²) in [5.74, 6) is -2.27. The lowest BCUT2D eigenvalue weighted by atomic mass is 10.2. The normalized spacial score (nSPS) is 11.9. The van der Waals surface area contributed by atoms with Crippen molar-refractivity contribution in [3.8, 4) is 0 Å². The summed E-state index contributed by atoms with van der Waals surface area (Å²) in [6.07, 6.45) is 0. The van der Waals surface area contributed by atoms with Crippen molar-refractivity contribution in [2.75, 3.05) is 7.05 Å². The molecule has 8 heteroatoms. The van der Waals surface area contributed by atoms with Gasteiger partial charge in [-0.15, -0.1) is 0 Å². The van der Waals surface area contributed by atoms with E-state index < -0.39 is 21.7 Å². The molecule has 0 saturated heterocycles. The molecule has 23 heavy (non-hydrogen) atoms. The van der Waals surface area contributed by atoms with E-state index in [0.717, 1.165) is 16.4 Å². The minimum atomic E-state index is -3.65. The fraction of sp³-hybridized carbons (Fsp3) is 0.200. The average molecular weight is 380 g/mol. The first kappa shape index (κ1) is 18.1. The maximum absolute atomic E-state index is 13.2. The van der Waals surface area contributed by atoms with Crippen molar-refractivity contribution in [1.29, 1.82) is 0 Å². The summed E-state index contributed by atoms with van der Waals surface area (Å²) >= 11 is 11.7. The summed E-state index contributed by atoms with van der Waals surface area (Å²) in [7, 11) is -2.28. The molecule has 0 spiro atoms. The summed E-state index contributed by atoms with van der Waals surface area (Å²) in [5, 5.41) is 0.602. The van der Waals surface area contributed by atoms with Crippen molar-refractivity contribution in [3.05, 3.63) is 69.2 Å². The van der Waals surface area contributed by atoms with Crippen LogP contribution in [0.1, 0.15) is 11.1 Å². The van der Waals surface area contributed by atoms with E-state index in [1.54, 1.807) is 6.07 Å². The predicted molar refractivity (Wildman–Crippen MR) is 86.9 cm³/mol. The predicted octanol–water partition coefficient (Wildman–Crippen LogP) is 4.23. The molecular formula is C15H13Cl2F2NO2S. The molecule has 0 atom stereocenters. The van der Waals surface area contributed by atoms with Crippen LogP contribution in [-0.2, 0) is 22.3 Å². The molecule has 0 aromatic heterocycles. The first-order chi connectivity index (χ1) is 10.7. The van der Waals surface area contributed by atoms with Crippen LogP contribution in [0, 0.1) is 11.6 Å². The van der Waals surface area contributed by atoms with Gasteiger partial charge in [0.05, 0.1) is 15.8 Å². The summed E-state index contributed by atoms with van der Waals surface area (Å²) in [6, 6.07) is 7.84. The second-order valence-corrected chi connectivity index (χ2v) is 7.90. The number of nitrogens with zero attached hydrogens (tertiary/aromatic N) is 1. The Hall–Kier alpha value is -1.21. The third-order valence-electron chi connectivity index (χ3n) is 3.20. The smallest absolute Gasteiger partial charge is 0.212 e. The molecule has 0 aliphatic carbocycles. The Labute approximate surface area is 143 Å². The van der Waals surface area contributed by atoms with E-state index in [-0.39, 0.29) is 17.3 Å². The Balaban J connectivity index is 2.14. The minimum Gasteiger partial charge on any atom is -0.212 e. The fourth-order valence-electron chi connectivity index (χ4n) is 1.94. The van der Waals surface area contributed by atoms with E-state index in [1.165, 1.54) is 25.2 Å². The number of rotatable bonds is 5. The zero-order valence-electron chi connectivity index (χ0n) is 12.1. The molecule has 0 bridgehead atoms. The van der Waals surface area contributed by atoms with Gasteiger partial charge >= 0.3 is 0 Å². The SMILES string of the molecule is CN(Cc1ccc(F)c(F)c1)S(=O)(=O)Cc1ccc(Cl)c(Cl)c1. The van der Waals surface area contributed by atoms with E-state index in [2.05, 4.69) is 0 Å². The molecular weight excluding hydrogens is 367 g/mol. The number of halogens is 4. The molecule has 0 saturated carbocycles. The van der Waals surface area contributed by atoms with Gasteiger partial charge in [0.2, 0.25) is 10.0 Å². The van der Waals surface area contributed by atoms with Gasteiger partial charge in [-0.3, -0.25) is 0 Å². The summed E-state index contributed by atoms with van der Waals surface area (Å²) in [6.45, 7) is -0.0686. The first-order valence-corrected chi connectivity index (χ1v) is 8.87. The molecule has 2 aromatic carbocycles. The van der Waals surface area contributed by atoms with Crippen molar-refractivity contribution in [1.82, 2.24) is 4.31 Å². The van der Waals surface area contributed by atoms with Gasteiger partial charge in [-0.2, -0.15) is 0 Å². The molecule has 0 heterocycles. The van der Waals surface area contributed by atoms with Crippen LogP contribution >= 0.6 is 23.2 Å². The van der Waals surface area contributed by atoms with E-state index in [1.807, 2.05) is 0 Å². The van der Waals surface area contributed by atoms with Crippen LogP contribution in [0.3, 0.4) is 0 Å². The third kappa shape index (κ3) is 4.64. The van der Waals surface area contributed by atoms with Crippen LogP contribution < -0.4 is 0 Å². The van der Waals surface area contributed by atoms with Crippen LogP contribution in [0.2, 0.25) is 10.0 Å². The molecule has 0 radical (unpaired) electrons. The summed E-state index contributed by atoms with van der Waals surface area (Å²) < 4.78 is 51.8. The first-order valence-electron chi connectivity index (χ1n) is 6.51. The highest BCUT2D eigenvalue weighted by atomic mass is 35.5. The van der Waals surface area contributed by atoms with Gasteiger partial charge < -0.3 is 0 Å².